The molecule has 0 unspecified atom stereocenters. The zero-order valence-corrected chi connectivity index (χ0v) is 16.1. The van der Waals surface area contributed by atoms with Crippen LogP contribution in [0.3, 0.4) is 0 Å². The van der Waals surface area contributed by atoms with Crippen molar-refractivity contribution in [2.45, 2.75) is 25.8 Å². The number of Topliss-reactive ketones (excluding diaryl/α,β-unsaturated/α-hetero) is 1. The average Bonchev–Trinajstić information content (AvgIpc) is 3.23. The molecule has 0 saturated carbocycles. The summed E-state index contributed by atoms with van der Waals surface area (Å²) in [6, 6.07) is 11.6. The van der Waals surface area contributed by atoms with Gasteiger partial charge in [-0.3, -0.25) is 9.59 Å². The quantitative estimate of drug-likeness (QED) is 0.599. The lowest BCUT2D eigenvalue weighted by molar-refractivity contribution is -0.117. The van der Waals surface area contributed by atoms with Gasteiger partial charge in [-0.15, -0.1) is 0 Å². The Labute approximate surface area is 168 Å². The third-order valence-electron chi connectivity index (χ3n) is 5.18. The van der Waals surface area contributed by atoms with Crippen molar-refractivity contribution in [2.75, 3.05) is 30.0 Å². The van der Waals surface area contributed by atoms with Crippen LogP contribution in [-0.2, 0) is 9.53 Å². The van der Waals surface area contributed by atoms with Crippen molar-refractivity contribution in [3.05, 3.63) is 53.6 Å². The van der Waals surface area contributed by atoms with E-state index in [0.29, 0.717) is 29.2 Å². The molecular weight excluding hydrogens is 372 g/mol. The molecule has 1 fully saturated rings. The van der Waals surface area contributed by atoms with E-state index in [1.807, 2.05) is 13.0 Å². The van der Waals surface area contributed by atoms with Gasteiger partial charge in [-0.2, -0.15) is 0 Å². The molecule has 150 valence electrons. The van der Waals surface area contributed by atoms with Crippen LogP contribution >= 0.6 is 0 Å². The largest absolute Gasteiger partial charge is 0.494 e. The van der Waals surface area contributed by atoms with Crippen molar-refractivity contribution in [2.24, 2.45) is 0 Å². The highest BCUT2D eigenvalue weighted by Crippen LogP contribution is 2.37. The Bertz CT molecular complexity index is 954. The van der Waals surface area contributed by atoms with E-state index in [1.54, 1.807) is 36.4 Å². The van der Waals surface area contributed by atoms with E-state index >= 15 is 0 Å². The first kappa shape index (κ1) is 19.0. The third kappa shape index (κ3) is 3.81. The summed E-state index contributed by atoms with van der Waals surface area (Å²) >= 11 is 0. The molecule has 0 aromatic heterocycles. The molecule has 7 nitrogen and oxygen atoms in total. The third-order valence-corrected chi connectivity index (χ3v) is 5.18. The molecule has 1 saturated heterocycles. The predicted octanol–water partition coefficient (Wildman–Crippen LogP) is 3.05. The first-order valence-corrected chi connectivity index (χ1v) is 9.71. The van der Waals surface area contributed by atoms with E-state index in [0.717, 1.165) is 25.1 Å². The van der Waals surface area contributed by atoms with Crippen LogP contribution in [0.5, 0.6) is 5.75 Å². The summed E-state index contributed by atoms with van der Waals surface area (Å²) in [5, 5.41) is 2.87. The van der Waals surface area contributed by atoms with Crippen LogP contribution in [-0.4, -0.2) is 43.5 Å². The lowest BCUT2D eigenvalue weighted by Crippen LogP contribution is -2.43. The van der Waals surface area contributed by atoms with E-state index in [9.17, 15) is 14.4 Å². The van der Waals surface area contributed by atoms with Gasteiger partial charge in [0.1, 0.15) is 11.8 Å². The van der Waals surface area contributed by atoms with Crippen LogP contribution in [0.25, 0.3) is 0 Å². The molecule has 1 atom stereocenters. The summed E-state index contributed by atoms with van der Waals surface area (Å²) in [5.41, 5.74) is 2.25. The predicted molar refractivity (Wildman–Crippen MR) is 108 cm³/mol. The molecule has 1 N–H and O–H groups in total. The summed E-state index contributed by atoms with van der Waals surface area (Å²) in [6.07, 6.45) is 1.80. The second-order valence-corrected chi connectivity index (χ2v) is 7.03. The SMILES string of the molecule is CCOc1ccc(C(=O)COC(=O)c2ccc3c(c2)NC(=O)[C@@H]2CCCN32)cc1. The molecule has 2 aliphatic rings. The van der Waals surface area contributed by atoms with Gasteiger partial charge >= 0.3 is 5.97 Å². The maximum atomic E-state index is 12.4. The maximum Gasteiger partial charge on any atom is 0.338 e. The minimum absolute atomic E-state index is 0.0498. The van der Waals surface area contributed by atoms with Crippen LogP contribution in [0.4, 0.5) is 11.4 Å². The number of nitrogens with one attached hydrogen (secondary N) is 1. The Morgan fingerprint density at radius 3 is 2.66 bits per heavy atom. The molecular formula is C22H22N2O5. The minimum Gasteiger partial charge on any atom is -0.494 e. The molecule has 29 heavy (non-hydrogen) atoms. The highest BCUT2D eigenvalue weighted by atomic mass is 16.5. The summed E-state index contributed by atoms with van der Waals surface area (Å²) in [7, 11) is 0. The molecule has 0 radical (unpaired) electrons. The van der Waals surface area contributed by atoms with Gasteiger partial charge in [0.25, 0.3) is 0 Å². The smallest absolute Gasteiger partial charge is 0.338 e. The molecule has 2 aliphatic heterocycles. The van der Waals surface area contributed by atoms with E-state index in [2.05, 4.69) is 10.2 Å². The number of esters is 1. The molecule has 1 amide bonds. The molecule has 2 heterocycles. The van der Waals surface area contributed by atoms with Crippen molar-refractivity contribution in [3.8, 4) is 5.75 Å². The maximum absolute atomic E-state index is 12.4. The van der Waals surface area contributed by atoms with E-state index in [-0.39, 0.29) is 24.3 Å². The standard InChI is InChI=1S/C22H22N2O5/c1-2-28-16-8-5-14(6-9-16)20(25)13-29-22(27)15-7-10-18-17(12-15)23-21(26)19-4-3-11-24(18)19/h5-10,12,19H,2-4,11,13H2,1H3,(H,23,26)/t19-/m0/s1. The second kappa shape index (κ2) is 7.95. The molecule has 0 bridgehead atoms. The van der Waals surface area contributed by atoms with Gasteiger partial charge < -0.3 is 19.7 Å². The van der Waals surface area contributed by atoms with E-state index in [4.69, 9.17) is 9.47 Å². The van der Waals surface area contributed by atoms with Crippen LogP contribution in [0.1, 0.15) is 40.5 Å². The fourth-order valence-electron chi connectivity index (χ4n) is 3.76. The van der Waals surface area contributed by atoms with Crippen LogP contribution in [0.15, 0.2) is 42.5 Å². The zero-order chi connectivity index (χ0) is 20.4. The van der Waals surface area contributed by atoms with Gasteiger partial charge in [-0.25, -0.2) is 4.79 Å². The summed E-state index contributed by atoms with van der Waals surface area (Å²) < 4.78 is 10.5. The first-order valence-electron chi connectivity index (χ1n) is 9.71. The normalized spacial score (nSPS) is 17.2. The summed E-state index contributed by atoms with van der Waals surface area (Å²) in [4.78, 5) is 39.0. The number of rotatable bonds is 6. The van der Waals surface area contributed by atoms with E-state index < -0.39 is 5.97 Å². The van der Waals surface area contributed by atoms with Crippen LogP contribution in [0, 0.1) is 0 Å². The number of carbonyl (C=O) groups excluding carboxylic acids is 3. The number of hydrogen-bond donors (Lipinski definition) is 1. The highest BCUT2D eigenvalue weighted by molar-refractivity contribution is 6.06. The van der Waals surface area contributed by atoms with Gasteiger partial charge in [0, 0.05) is 12.1 Å². The molecule has 2 aromatic rings. The van der Waals surface area contributed by atoms with Crippen molar-refractivity contribution in [1.82, 2.24) is 0 Å². The Balaban J connectivity index is 1.41. The number of ether oxygens (including phenoxy) is 2. The molecule has 7 heteroatoms. The van der Waals surface area contributed by atoms with Crippen molar-refractivity contribution < 1.29 is 23.9 Å². The minimum atomic E-state index is -0.607. The number of hydrogen-bond acceptors (Lipinski definition) is 6. The van der Waals surface area contributed by atoms with Crippen molar-refractivity contribution in [3.63, 3.8) is 0 Å². The number of benzene rings is 2. The number of nitrogens with zero attached hydrogens (tertiary/aromatic N) is 1. The van der Waals surface area contributed by atoms with Gasteiger partial charge in [-0.1, -0.05) is 0 Å². The Morgan fingerprint density at radius 2 is 1.90 bits per heavy atom. The number of amides is 1. The number of fused-ring (bicyclic) bond motifs is 3. The number of ketones is 1. The zero-order valence-electron chi connectivity index (χ0n) is 16.1. The number of carbonyl (C=O) groups is 3. The lowest BCUT2D eigenvalue weighted by Gasteiger charge is -2.33. The van der Waals surface area contributed by atoms with Crippen molar-refractivity contribution in [1.29, 1.82) is 0 Å². The van der Waals surface area contributed by atoms with Gasteiger partial charge in [0.15, 0.2) is 12.4 Å². The summed E-state index contributed by atoms with van der Waals surface area (Å²) in [6.45, 7) is 2.90. The summed E-state index contributed by atoms with van der Waals surface area (Å²) in [5.74, 6) is -0.277. The Hall–Kier alpha value is -3.35. The Kier molecular flexibility index (Phi) is 5.20. The van der Waals surface area contributed by atoms with E-state index in [1.165, 1.54) is 0 Å². The fraction of sp³-hybridized carbons (Fsp3) is 0.318. The molecule has 2 aromatic carbocycles. The van der Waals surface area contributed by atoms with Crippen LogP contribution < -0.4 is 15.0 Å². The van der Waals surface area contributed by atoms with Gasteiger partial charge in [0.2, 0.25) is 5.91 Å². The monoisotopic (exact) mass is 394 g/mol. The fourth-order valence-corrected chi connectivity index (χ4v) is 3.76. The molecule has 0 spiro atoms. The number of anilines is 2. The van der Waals surface area contributed by atoms with Gasteiger partial charge in [-0.05, 0) is 62.2 Å². The first-order chi connectivity index (χ1) is 14.1. The molecule has 4 rings (SSSR count). The highest BCUT2D eigenvalue weighted by Gasteiger charge is 2.36. The van der Waals surface area contributed by atoms with Crippen molar-refractivity contribution >= 4 is 29.0 Å². The lowest BCUT2D eigenvalue weighted by atomic mass is 10.1. The second-order valence-electron chi connectivity index (χ2n) is 7.03. The van der Waals surface area contributed by atoms with Gasteiger partial charge in [0.05, 0.1) is 23.5 Å². The topological polar surface area (TPSA) is 84.9 Å². The van der Waals surface area contributed by atoms with Crippen LogP contribution in [0.2, 0.25) is 0 Å². The Morgan fingerprint density at radius 1 is 1.14 bits per heavy atom. The molecule has 0 aliphatic carbocycles. The average molecular weight is 394 g/mol.